The molecule has 1 aromatic heterocycles. The van der Waals surface area contributed by atoms with Gasteiger partial charge in [-0.05, 0) is 42.0 Å². The number of hydrogen-bond acceptors (Lipinski definition) is 3. The molecule has 1 unspecified atom stereocenters. The minimum atomic E-state index is 0.200. The SMILES string of the molecule is CCC(CO)N1CCN(C(=O)CCc2ccc3[nH]ccc3c2)CC1. The second-order valence-corrected chi connectivity index (χ2v) is 6.56. The molecular weight excluding hydrogens is 302 g/mol. The van der Waals surface area contributed by atoms with E-state index in [-0.39, 0.29) is 18.6 Å². The molecular formula is C19H27N3O2. The number of nitrogens with zero attached hydrogens (tertiary/aromatic N) is 2. The quantitative estimate of drug-likeness (QED) is 0.852. The first kappa shape index (κ1) is 17.0. The van der Waals surface area contributed by atoms with E-state index in [0.29, 0.717) is 6.42 Å². The topological polar surface area (TPSA) is 59.6 Å². The van der Waals surface area contributed by atoms with Crippen molar-refractivity contribution in [2.45, 2.75) is 32.2 Å². The van der Waals surface area contributed by atoms with Gasteiger partial charge in [0.2, 0.25) is 5.91 Å². The third kappa shape index (κ3) is 3.79. The van der Waals surface area contributed by atoms with Crippen LogP contribution in [0.25, 0.3) is 10.9 Å². The van der Waals surface area contributed by atoms with Crippen LogP contribution in [0.4, 0.5) is 0 Å². The molecule has 0 spiro atoms. The molecule has 1 saturated heterocycles. The van der Waals surface area contributed by atoms with Gasteiger partial charge in [0.25, 0.3) is 0 Å². The van der Waals surface area contributed by atoms with Crippen molar-refractivity contribution in [2.24, 2.45) is 0 Å². The zero-order valence-corrected chi connectivity index (χ0v) is 14.4. The first-order chi connectivity index (χ1) is 11.7. The van der Waals surface area contributed by atoms with Crippen LogP contribution in [-0.2, 0) is 11.2 Å². The average molecular weight is 329 g/mol. The highest BCUT2D eigenvalue weighted by Gasteiger charge is 2.24. The predicted molar refractivity (Wildman–Crippen MR) is 95.9 cm³/mol. The number of aliphatic hydroxyl groups is 1. The Morgan fingerprint density at radius 1 is 1.25 bits per heavy atom. The molecule has 1 aliphatic rings. The monoisotopic (exact) mass is 329 g/mol. The molecule has 1 aliphatic heterocycles. The first-order valence-electron chi connectivity index (χ1n) is 8.90. The number of carbonyl (C=O) groups is 1. The van der Waals surface area contributed by atoms with E-state index < -0.39 is 0 Å². The van der Waals surface area contributed by atoms with E-state index in [4.69, 9.17) is 0 Å². The fraction of sp³-hybridized carbons (Fsp3) is 0.526. The molecule has 0 radical (unpaired) electrons. The summed E-state index contributed by atoms with van der Waals surface area (Å²) in [5, 5.41) is 10.6. The van der Waals surface area contributed by atoms with Gasteiger partial charge in [0.15, 0.2) is 0 Å². The lowest BCUT2D eigenvalue weighted by molar-refractivity contribution is -0.133. The van der Waals surface area contributed by atoms with E-state index in [1.54, 1.807) is 0 Å². The van der Waals surface area contributed by atoms with Crippen LogP contribution in [0.3, 0.4) is 0 Å². The fourth-order valence-electron chi connectivity index (χ4n) is 3.51. The zero-order chi connectivity index (χ0) is 16.9. The average Bonchev–Trinajstić information content (AvgIpc) is 3.09. The summed E-state index contributed by atoms with van der Waals surface area (Å²) < 4.78 is 0. The third-order valence-corrected chi connectivity index (χ3v) is 5.11. The van der Waals surface area contributed by atoms with Crippen molar-refractivity contribution in [3.05, 3.63) is 36.0 Å². The molecule has 130 valence electrons. The summed E-state index contributed by atoms with van der Waals surface area (Å²) >= 11 is 0. The van der Waals surface area contributed by atoms with Gasteiger partial charge < -0.3 is 15.0 Å². The summed E-state index contributed by atoms with van der Waals surface area (Å²) in [5.41, 5.74) is 2.34. The number of aromatic amines is 1. The maximum atomic E-state index is 12.5. The Kier molecular flexibility index (Phi) is 5.53. The lowest BCUT2D eigenvalue weighted by atomic mass is 10.1. The molecule has 5 heteroatoms. The molecule has 5 nitrogen and oxygen atoms in total. The molecule has 2 aromatic rings. The highest BCUT2D eigenvalue weighted by molar-refractivity contribution is 5.80. The molecule has 3 rings (SSSR count). The summed E-state index contributed by atoms with van der Waals surface area (Å²) in [6.45, 7) is 5.56. The van der Waals surface area contributed by atoms with Gasteiger partial charge in [-0.15, -0.1) is 0 Å². The molecule has 1 atom stereocenters. The van der Waals surface area contributed by atoms with E-state index >= 15 is 0 Å². The van der Waals surface area contributed by atoms with Gasteiger partial charge in [0.1, 0.15) is 0 Å². The van der Waals surface area contributed by atoms with E-state index in [1.807, 2.05) is 11.1 Å². The number of amides is 1. The van der Waals surface area contributed by atoms with Crippen LogP contribution < -0.4 is 0 Å². The van der Waals surface area contributed by atoms with Crippen molar-refractivity contribution >= 4 is 16.8 Å². The Hall–Kier alpha value is -1.85. The Labute approximate surface area is 143 Å². The molecule has 2 N–H and O–H groups in total. The van der Waals surface area contributed by atoms with Gasteiger partial charge in [-0.1, -0.05) is 13.0 Å². The minimum Gasteiger partial charge on any atom is -0.395 e. The number of piperazine rings is 1. The smallest absolute Gasteiger partial charge is 0.222 e. The summed E-state index contributed by atoms with van der Waals surface area (Å²) in [6, 6.07) is 8.62. The van der Waals surface area contributed by atoms with Crippen LogP contribution in [0.15, 0.2) is 30.5 Å². The van der Waals surface area contributed by atoms with Crippen molar-refractivity contribution in [2.75, 3.05) is 32.8 Å². The molecule has 24 heavy (non-hydrogen) atoms. The van der Waals surface area contributed by atoms with E-state index in [0.717, 1.165) is 44.5 Å². The number of aromatic nitrogens is 1. The number of H-pyrrole nitrogens is 1. The molecule has 1 amide bonds. The maximum absolute atomic E-state index is 12.5. The fourth-order valence-corrected chi connectivity index (χ4v) is 3.51. The Morgan fingerprint density at radius 2 is 2.04 bits per heavy atom. The molecule has 1 aromatic carbocycles. The van der Waals surface area contributed by atoms with Gasteiger partial charge in [-0.3, -0.25) is 9.69 Å². The Balaban J connectivity index is 1.49. The lowest BCUT2D eigenvalue weighted by Gasteiger charge is -2.38. The second kappa shape index (κ2) is 7.81. The van der Waals surface area contributed by atoms with Crippen molar-refractivity contribution in [3.63, 3.8) is 0 Å². The molecule has 1 fully saturated rings. The van der Waals surface area contributed by atoms with E-state index in [2.05, 4.69) is 41.1 Å². The van der Waals surface area contributed by atoms with Crippen molar-refractivity contribution < 1.29 is 9.90 Å². The summed E-state index contributed by atoms with van der Waals surface area (Å²) in [7, 11) is 0. The van der Waals surface area contributed by atoms with Crippen molar-refractivity contribution in [1.29, 1.82) is 0 Å². The number of benzene rings is 1. The lowest BCUT2D eigenvalue weighted by Crippen LogP contribution is -2.52. The number of hydrogen-bond donors (Lipinski definition) is 2. The number of nitrogens with one attached hydrogen (secondary N) is 1. The van der Waals surface area contributed by atoms with Crippen LogP contribution in [0.2, 0.25) is 0 Å². The summed E-state index contributed by atoms with van der Waals surface area (Å²) in [6.07, 6.45) is 4.24. The number of fused-ring (bicyclic) bond motifs is 1. The van der Waals surface area contributed by atoms with Crippen molar-refractivity contribution in [1.82, 2.24) is 14.8 Å². The molecule has 0 bridgehead atoms. The normalized spacial score (nSPS) is 17.3. The highest BCUT2D eigenvalue weighted by atomic mass is 16.3. The highest BCUT2D eigenvalue weighted by Crippen LogP contribution is 2.16. The van der Waals surface area contributed by atoms with Gasteiger partial charge in [-0.2, -0.15) is 0 Å². The Morgan fingerprint density at radius 3 is 2.75 bits per heavy atom. The standard InChI is InChI=1S/C19H27N3O2/c1-2-17(14-23)21-9-11-22(12-10-21)19(24)6-4-15-3-5-18-16(13-15)7-8-20-18/h3,5,7-8,13,17,20,23H,2,4,6,9-12,14H2,1H3. The van der Waals surface area contributed by atoms with Crippen LogP contribution in [-0.4, -0.2) is 64.6 Å². The molecule has 0 aliphatic carbocycles. The van der Waals surface area contributed by atoms with Gasteiger partial charge in [0, 0.05) is 50.4 Å². The van der Waals surface area contributed by atoms with Crippen LogP contribution in [0, 0.1) is 0 Å². The third-order valence-electron chi connectivity index (χ3n) is 5.11. The zero-order valence-electron chi connectivity index (χ0n) is 14.4. The van der Waals surface area contributed by atoms with E-state index in [9.17, 15) is 9.90 Å². The largest absolute Gasteiger partial charge is 0.395 e. The van der Waals surface area contributed by atoms with E-state index in [1.165, 1.54) is 10.9 Å². The van der Waals surface area contributed by atoms with Crippen molar-refractivity contribution in [3.8, 4) is 0 Å². The summed E-state index contributed by atoms with van der Waals surface area (Å²) in [4.78, 5) is 19.9. The number of aliphatic hydroxyl groups excluding tert-OH is 1. The van der Waals surface area contributed by atoms with Gasteiger partial charge in [-0.25, -0.2) is 0 Å². The maximum Gasteiger partial charge on any atom is 0.222 e. The van der Waals surface area contributed by atoms with Gasteiger partial charge in [0.05, 0.1) is 6.61 Å². The number of rotatable bonds is 6. The van der Waals surface area contributed by atoms with Gasteiger partial charge >= 0.3 is 0 Å². The van der Waals surface area contributed by atoms with Crippen LogP contribution in [0.1, 0.15) is 25.3 Å². The predicted octanol–water partition coefficient (Wildman–Crippen LogP) is 2.02. The number of aryl methyl sites for hydroxylation is 1. The molecule has 2 heterocycles. The second-order valence-electron chi connectivity index (χ2n) is 6.56. The molecule has 0 saturated carbocycles. The van der Waals surface area contributed by atoms with Crippen LogP contribution in [0.5, 0.6) is 0 Å². The number of carbonyl (C=O) groups excluding carboxylic acids is 1. The Bertz CT molecular complexity index is 670. The first-order valence-corrected chi connectivity index (χ1v) is 8.90. The minimum absolute atomic E-state index is 0.200. The summed E-state index contributed by atoms with van der Waals surface area (Å²) in [5.74, 6) is 0.237. The van der Waals surface area contributed by atoms with Crippen LogP contribution >= 0.6 is 0 Å².